The van der Waals surface area contributed by atoms with Crippen molar-refractivity contribution in [1.82, 2.24) is 9.80 Å². The summed E-state index contributed by atoms with van der Waals surface area (Å²) in [5.41, 5.74) is 0. The van der Waals surface area contributed by atoms with Crippen molar-refractivity contribution in [2.45, 2.75) is 32.0 Å². The van der Waals surface area contributed by atoms with Crippen LogP contribution in [0, 0.1) is 0 Å². The lowest BCUT2D eigenvalue weighted by molar-refractivity contribution is -0.00622. The Kier molecular flexibility index (Phi) is 3.61. The first-order chi connectivity index (χ1) is 7.18. The molecule has 0 aliphatic carbocycles. The van der Waals surface area contributed by atoms with Gasteiger partial charge in [-0.2, -0.15) is 0 Å². The molecule has 0 bridgehead atoms. The van der Waals surface area contributed by atoms with Crippen LogP contribution in [0.4, 0.5) is 0 Å². The minimum absolute atomic E-state index is 0.189. The van der Waals surface area contributed by atoms with Crippen molar-refractivity contribution in [3.8, 4) is 0 Å². The molecule has 0 aromatic heterocycles. The van der Waals surface area contributed by atoms with E-state index in [1.807, 2.05) is 0 Å². The molecule has 4 nitrogen and oxygen atoms in total. The van der Waals surface area contributed by atoms with Crippen LogP contribution < -0.4 is 0 Å². The van der Waals surface area contributed by atoms with Crippen LogP contribution in [-0.4, -0.2) is 72.5 Å². The molecule has 0 aromatic rings. The number of hydrogen-bond donors (Lipinski definition) is 1. The predicted molar refractivity (Wildman–Crippen MR) is 58.9 cm³/mol. The highest BCUT2D eigenvalue weighted by Gasteiger charge is 2.36. The Morgan fingerprint density at radius 3 is 2.40 bits per heavy atom. The monoisotopic (exact) mass is 214 g/mol. The second-order valence-corrected chi connectivity index (χ2v) is 4.83. The summed E-state index contributed by atoms with van der Waals surface area (Å²) < 4.78 is 5.33. The number of rotatable bonds is 2. The molecule has 4 heteroatoms. The molecular formula is C11H22N2O2. The zero-order chi connectivity index (χ0) is 10.8. The molecule has 2 rings (SSSR count). The highest BCUT2D eigenvalue weighted by Crippen LogP contribution is 2.19. The molecule has 2 heterocycles. The molecule has 0 unspecified atom stereocenters. The van der Waals surface area contributed by atoms with Crippen molar-refractivity contribution in [3.63, 3.8) is 0 Å². The van der Waals surface area contributed by atoms with Gasteiger partial charge < -0.3 is 9.84 Å². The third kappa shape index (κ3) is 2.50. The van der Waals surface area contributed by atoms with E-state index in [1.165, 1.54) is 0 Å². The summed E-state index contributed by atoms with van der Waals surface area (Å²) in [6, 6.07) is 0.849. The van der Waals surface area contributed by atoms with E-state index in [2.05, 4.69) is 23.6 Å². The van der Waals surface area contributed by atoms with Gasteiger partial charge in [0.1, 0.15) is 0 Å². The fourth-order valence-corrected chi connectivity index (χ4v) is 2.49. The number of β-amino-alcohol motifs (C(OH)–C–C–N with tert-alkyl or cyclic N) is 1. The predicted octanol–water partition coefficient (Wildman–Crippen LogP) is -0.228. The second kappa shape index (κ2) is 4.78. The Morgan fingerprint density at radius 1 is 1.20 bits per heavy atom. The van der Waals surface area contributed by atoms with Crippen LogP contribution in [0.3, 0.4) is 0 Å². The van der Waals surface area contributed by atoms with Crippen molar-refractivity contribution in [1.29, 1.82) is 0 Å². The van der Waals surface area contributed by atoms with Crippen LogP contribution in [0.15, 0.2) is 0 Å². The minimum Gasteiger partial charge on any atom is -0.390 e. The van der Waals surface area contributed by atoms with Crippen molar-refractivity contribution >= 4 is 0 Å². The Labute approximate surface area is 91.8 Å². The van der Waals surface area contributed by atoms with Gasteiger partial charge in [0.05, 0.1) is 19.3 Å². The van der Waals surface area contributed by atoms with Gasteiger partial charge in [-0.3, -0.25) is 9.80 Å². The normalized spacial score (nSPS) is 35.2. The largest absolute Gasteiger partial charge is 0.390 e. The van der Waals surface area contributed by atoms with E-state index in [4.69, 9.17) is 4.74 Å². The van der Waals surface area contributed by atoms with Crippen LogP contribution in [0.25, 0.3) is 0 Å². The molecule has 2 atom stereocenters. The minimum atomic E-state index is -0.189. The van der Waals surface area contributed by atoms with Crippen molar-refractivity contribution in [3.05, 3.63) is 0 Å². The molecule has 88 valence electrons. The number of aliphatic hydroxyl groups excluding tert-OH is 1. The van der Waals surface area contributed by atoms with Gasteiger partial charge in [0.2, 0.25) is 0 Å². The first kappa shape index (κ1) is 11.3. The number of likely N-dealkylation sites (tertiary alicyclic amines) is 1. The Morgan fingerprint density at radius 2 is 1.87 bits per heavy atom. The summed E-state index contributed by atoms with van der Waals surface area (Å²) in [4.78, 5) is 4.72. The van der Waals surface area contributed by atoms with Crippen molar-refractivity contribution < 1.29 is 9.84 Å². The zero-order valence-corrected chi connectivity index (χ0v) is 9.72. The van der Waals surface area contributed by atoms with Gasteiger partial charge in [-0.05, 0) is 13.8 Å². The van der Waals surface area contributed by atoms with Gasteiger partial charge in [0.15, 0.2) is 0 Å². The van der Waals surface area contributed by atoms with E-state index in [0.717, 1.165) is 39.4 Å². The first-order valence-corrected chi connectivity index (χ1v) is 5.92. The van der Waals surface area contributed by atoms with Gasteiger partial charge >= 0.3 is 0 Å². The van der Waals surface area contributed by atoms with E-state index >= 15 is 0 Å². The smallest absolute Gasteiger partial charge is 0.0834 e. The van der Waals surface area contributed by atoms with Gasteiger partial charge in [0, 0.05) is 38.3 Å². The second-order valence-electron chi connectivity index (χ2n) is 4.83. The molecule has 0 spiro atoms. The van der Waals surface area contributed by atoms with Crippen LogP contribution in [0.5, 0.6) is 0 Å². The molecule has 2 saturated heterocycles. The molecular weight excluding hydrogens is 192 g/mol. The Balaban J connectivity index is 1.91. The number of morpholine rings is 1. The highest BCUT2D eigenvalue weighted by molar-refractivity contribution is 4.92. The van der Waals surface area contributed by atoms with Crippen LogP contribution in [0.2, 0.25) is 0 Å². The molecule has 2 aliphatic heterocycles. The quantitative estimate of drug-likeness (QED) is 0.689. The molecule has 0 radical (unpaired) electrons. The Bertz CT molecular complexity index is 205. The maximum atomic E-state index is 10.0. The van der Waals surface area contributed by atoms with Gasteiger partial charge in [-0.15, -0.1) is 0 Å². The van der Waals surface area contributed by atoms with Crippen molar-refractivity contribution in [2.75, 3.05) is 39.4 Å². The van der Waals surface area contributed by atoms with Crippen LogP contribution in [-0.2, 0) is 4.74 Å². The fraction of sp³-hybridized carbons (Fsp3) is 1.00. The summed E-state index contributed by atoms with van der Waals surface area (Å²) in [6.45, 7) is 9.75. The lowest BCUT2D eigenvalue weighted by Crippen LogP contribution is -2.49. The summed E-state index contributed by atoms with van der Waals surface area (Å²) >= 11 is 0. The third-order valence-electron chi connectivity index (χ3n) is 3.53. The van der Waals surface area contributed by atoms with Gasteiger partial charge in [-0.25, -0.2) is 0 Å². The third-order valence-corrected chi connectivity index (χ3v) is 3.53. The van der Waals surface area contributed by atoms with E-state index < -0.39 is 0 Å². The first-order valence-electron chi connectivity index (χ1n) is 5.92. The van der Waals surface area contributed by atoms with Crippen LogP contribution >= 0.6 is 0 Å². The van der Waals surface area contributed by atoms with Gasteiger partial charge in [-0.1, -0.05) is 0 Å². The SMILES string of the molecule is CC(C)N1C[C@H](O)[C@@H](N2CCOCC2)C1. The average molecular weight is 214 g/mol. The summed E-state index contributed by atoms with van der Waals surface area (Å²) in [6.07, 6.45) is -0.189. The molecule has 0 aromatic carbocycles. The summed E-state index contributed by atoms with van der Waals surface area (Å²) in [5.74, 6) is 0. The highest BCUT2D eigenvalue weighted by atomic mass is 16.5. The molecule has 1 N–H and O–H groups in total. The molecule has 0 saturated carbocycles. The summed E-state index contributed by atoms with van der Waals surface area (Å²) in [5, 5.41) is 10.0. The fourth-order valence-electron chi connectivity index (χ4n) is 2.49. The standard InChI is InChI=1S/C11H22N2O2/c1-9(2)13-7-10(11(14)8-13)12-3-5-15-6-4-12/h9-11,14H,3-8H2,1-2H3/t10-,11-/m0/s1. The maximum absolute atomic E-state index is 10.0. The lowest BCUT2D eigenvalue weighted by atomic mass is 10.1. The van der Waals surface area contributed by atoms with E-state index in [0.29, 0.717) is 12.1 Å². The molecule has 2 fully saturated rings. The van der Waals surface area contributed by atoms with E-state index in [9.17, 15) is 5.11 Å². The summed E-state index contributed by atoms with van der Waals surface area (Å²) in [7, 11) is 0. The molecule has 2 aliphatic rings. The number of hydrogen-bond acceptors (Lipinski definition) is 4. The lowest BCUT2D eigenvalue weighted by Gasteiger charge is -2.33. The zero-order valence-electron chi connectivity index (χ0n) is 9.72. The van der Waals surface area contributed by atoms with E-state index in [-0.39, 0.29) is 6.10 Å². The molecule has 0 amide bonds. The Hall–Kier alpha value is -0.160. The maximum Gasteiger partial charge on any atom is 0.0834 e. The molecule has 15 heavy (non-hydrogen) atoms. The van der Waals surface area contributed by atoms with E-state index in [1.54, 1.807) is 0 Å². The number of aliphatic hydroxyl groups is 1. The van der Waals surface area contributed by atoms with Crippen LogP contribution in [0.1, 0.15) is 13.8 Å². The van der Waals surface area contributed by atoms with Gasteiger partial charge in [0.25, 0.3) is 0 Å². The van der Waals surface area contributed by atoms with Crippen molar-refractivity contribution in [2.24, 2.45) is 0 Å². The topological polar surface area (TPSA) is 35.9 Å². The number of nitrogens with zero attached hydrogens (tertiary/aromatic N) is 2. The number of ether oxygens (including phenoxy) is 1. The average Bonchev–Trinajstić information content (AvgIpc) is 2.62.